The van der Waals surface area contributed by atoms with E-state index in [1.165, 1.54) is 0 Å². The number of hydrogen-bond acceptors (Lipinski definition) is 2. The van der Waals surface area contributed by atoms with Crippen LogP contribution in [0.15, 0.2) is 36.4 Å². The highest BCUT2D eigenvalue weighted by atomic mass is 35.5. The van der Waals surface area contributed by atoms with Crippen LogP contribution in [0.4, 0.5) is 5.69 Å². The number of aryl methyl sites for hydroxylation is 1. The molecule has 3 rings (SSSR count). The summed E-state index contributed by atoms with van der Waals surface area (Å²) >= 11 is 12.2. The Bertz CT molecular complexity index is 773. The fourth-order valence-electron chi connectivity index (χ4n) is 2.34. The van der Waals surface area contributed by atoms with Crippen LogP contribution in [0, 0.1) is 0 Å². The topological polar surface area (TPSA) is 43.8 Å². The van der Waals surface area contributed by atoms with Crippen molar-refractivity contribution in [2.75, 3.05) is 5.73 Å². The largest absolute Gasteiger partial charge is 0.399 e. The van der Waals surface area contributed by atoms with E-state index in [9.17, 15) is 0 Å². The van der Waals surface area contributed by atoms with E-state index in [-0.39, 0.29) is 0 Å². The van der Waals surface area contributed by atoms with Crippen molar-refractivity contribution in [2.45, 2.75) is 13.3 Å². The zero-order valence-electron chi connectivity index (χ0n) is 10.9. The predicted octanol–water partition coefficient (Wildman–Crippen LogP) is 4.48. The highest BCUT2D eigenvalue weighted by Crippen LogP contribution is 2.27. The number of benzene rings is 2. The molecule has 0 aliphatic carbocycles. The molecule has 0 fully saturated rings. The Morgan fingerprint density at radius 2 is 1.80 bits per heavy atom. The molecule has 5 heteroatoms. The van der Waals surface area contributed by atoms with Gasteiger partial charge in [-0.2, -0.15) is 0 Å². The standard InChI is InChI=1S/C15H13Cl2N3/c1-2-15-19-13-8-11(18)3-4-14(13)20(15)12-6-9(16)5-10(17)7-12/h3-8H,2,18H2,1H3. The molecule has 0 saturated heterocycles. The van der Waals surface area contributed by atoms with Crippen LogP contribution in [0.5, 0.6) is 0 Å². The number of nitrogen functional groups attached to an aromatic ring is 1. The van der Waals surface area contributed by atoms with Crippen molar-refractivity contribution in [1.82, 2.24) is 9.55 Å². The zero-order chi connectivity index (χ0) is 14.3. The summed E-state index contributed by atoms with van der Waals surface area (Å²) in [6.45, 7) is 2.06. The second-order valence-electron chi connectivity index (χ2n) is 4.59. The molecular weight excluding hydrogens is 293 g/mol. The lowest BCUT2D eigenvalue weighted by atomic mass is 10.2. The number of hydrogen-bond donors (Lipinski definition) is 1. The second kappa shape index (κ2) is 5.00. The molecule has 2 aromatic carbocycles. The van der Waals surface area contributed by atoms with Gasteiger partial charge in [-0.3, -0.25) is 4.57 Å². The number of imidazole rings is 1. The Kier molecular flexibility index (Phi) is 3.32. The van der Waals surface area contributed by atoms with Crippen molar-refractivity contribution < 1.29 is 0 Å². The normalized spacial score (nSPS) is 11.2. The Morgan fingerprint density at radius 3 is 2.45 bits per heavy atom. The molecule has 0 radical (unpaired) electrons. The summed E-state index contributed by atoms with van der Waals surface area (Å²) in [5.41, 5.74) is 9.30. The molecular formula is C15H13Cl2N3. The van der Waals surface area contributed by atoms with Crippen LogP contribution in [-0.4, -0.2) is 9.55 Å². The first-order valence-electron chi connectivity index (χ1n) is 6.32. The number of rotatable bonds is 2. The van der Waals surface area contributed by atoms with Gasteiger partial charge in [-0.1, -0.05) is 30.1 Å². The van der Waals surface area contributed by atoms with E-state index >= 15 is 0 Å². The lowest BCUT2D eigenvalue weighted by Crippen LogP contribution is -2.00. The third kappa shape index (κ3) is 2.23. The minimum atomic E-state index is 0.604. The van der Waals surface area contributed by atoms with E-state index in [4.69, 9.17) is 28.9 Å². The van der Waals surface area contributed by atoms with E-state index in [0.29, 0.717) is 15.7 Å². The first kappa shape index (κ1) is 13.3. The lowest BCUT2D eigenvalue weighted by molar-refractivity contribution is 0.908. The van der Waals surface area contributed by atoms with Gasteiger partial charge in [0.1, 0.15) is 5.82 Å². The number of aromatic nitrogens is 2. The maximum atomic E-state index is 6.10. The molecule has 102 valence electrons. The molecule has 0 bridgehead atoms. The van der Waals surface area contributed by atoms with Crippen molar-refractivity contribution in [1.29, 1.82) is 0 Å². The average molecular weight is 306 g/mol. The smallest absolute Gasteiger partial charge is 0.114 e. The monoisotopic (exact) mass is 305 g/mol. The summed E-state index contributed by atoms with van der Waals surface area (Å²) in [6, 6.07) is 11.2. The Labute approximate surface area is 126 Å². The molecule has 1 heterocycles. The van der Waals surface area contributed by atoms with Crippen molar-refractivity contribution >= 4 is 39.9 Å². The van der Waals surface area contributed by atoms with Gasteiger partial charge in [-0.05, 0) is 36.4 Å². The highest BCUT2D eigenvalue weighted by molar-refractivity contribution is 6.34. The molecule has 0 spiro atoms. The van der Waals surface area contributed by atoms with Crippen molar-refractivity contribution in [2.24, 2.45) is 0 Å². The number of anilines is 1. The quantitative estimate of drug-likeness (QED) is 0.710. The van der Waals surface area contributed by atoms with Gasteiger partial charge in [-0.25, -0.2) is 4.98 Å². The van der Waals surface area contributed by atoms with Crippen LogP contribution >= 0.6 is 23.2 Å². The molecule has 0 amide bonds. The molecule has 3 aromatic rings. The van der Waals surface area contributed by atoms with Gasteiger partial charge in [0.05, 0.1) is 16.7 Å². The van der Waals surface area contributed by atoms with Gasteiger partial charge in [0.15, 0.2) is 0 Å². The van der Waals surface area contributed by atoms with Crippen LogP contribution in [0.25, 0.3) is 16.7 Å². The van der Waals surface area contributed by atoms with Gasteiger partial charge in [0.2, 0.25) is 0 Å². The van der Waals surface area contributed by atoms with E-state index in [2.05, 4.69) is 16.5 Å². The van der Waals surface area contributed by atoms with Crippen molar-refractivity contribution in [3.05, 3.63) is 52.3 Å². The lowest BCUT2D eigenvalue weighted by Gasteiger charge is -2.09. The first-order chi connectivity index (χ1) is 9.58. The highest BCUT2D eigenvalue weighted by Gasteiger charge is 2.12. The first-order valence-corrected chi connectivity index (χ1v) is 7.07. The number of halogens is 2. The van der Waals surface area contributed by atoms with E-state index < -0.39 is 0 Å². The Hall–Kier alpha value is -1.71. The molecule has 0 aliphatic rings. The van der Waals surface area contributed by atoms with Crippen LogP contribution in [0.3, 0.4) is 0 Å². The molecule has 1 aromatic heterocycles. The minimum Gasteiger partial charge on any atom is -0.399 e. The molecule has 20 heavy (non-hydrogen) atoms. The predicted molar refractivity (Wildman–Crippen MR) is 84.9 cm³/mol. The number of fused-ring (bicyclic) bond motifs is 1. The summed E-state index contributed by atoms with van der Waals surface area (Å²) in [7, 11) is 0. The third-order valence-electron chi connectivity index (χ3n) is 3.17. The van der Waals surface area contributed by atoms with Crippen LogP contribution in [0.2, 0.25) is 10.0 Å². The molecule has 0 saturated carbocycles. The fourth-order valence-corrected chi connectivity index (χ4v) is 2.86. The summed E-state index contributed by atoms with van der Waals surface area (Å²) in [5, 5.41) is 1.21. The van der Waals surface area contributed by atoms with Crippen molar-refractivity contribution in [3.63, 3.8) is 0 Å². The van der Waals surface area contributed by atoms with Gasteiger partial charge in [-0.15, -0.1) is 0 Å². The molecule has 0 atom stereocenters. The van der Waals surface area contributed by atoms with Gasteiger partial charge in [0.25, 0.3) is 0 Å². The minimum absolute atomic E-state index is 0.604. The summed E-state index contributed by atoms with van der Waals surface area (Å²) in [4.78, 5) is 4.62. The molecule has 3 nitrogen and oxygen atoms in total. The zero-order valence-corrected chi connectivity index (χ0v) is 12.4. The van der Waals surface area contributed by atoms with E-state index in [0.717, 1.165) is 29.0 Å². The van der Waals surface area contributed by atoms with Crippen LogP contribution < -0.4 is 5.73 Å². The van der Waals surface area contributed by atoms with Crippen LogP contribution in [-0.2, 0) is 6.42 Å². The van der Waals surface area contributed by atoms with Crippen molar-refractivity contribution in [3.8, 4) is 5.69 Å². The SMILES string of the molecule is CCc1nc2cc(N)ccc2n1-c1cc(Cl)cc(Cl)c1. The molecule has 0 aliphatic heterocycles. The van der Waals surface area contributed by atoms with Crippen LogP contribution in [0.1, 0.15) is 12.7 Å². The number of nitrogens with zero attached hydrogens (tertiary/aromatic N) is 2. The van der Waals surface area contributed by atoms with E-state index in [1.54, 1.807) is 6.07 Å². The number of nitrogens with two attached hydrogens (primary N) is 1. The third-order valence-corrected chi connectivity index (χ3v) is 3.61. The average Bonchev–Trinajstić information content (AvgIpc) is 2.74. The second-order valence-corrected chi connectivity index (χ2v) is 5.47. The molecule has 0 unspecified atom stereocenters. The van der Waals surface area contributed by atoms with Gasteiger partial charge < -0.3 is 5.73 Å². The van der Waals surface area contributed by atoms with Gasteiger partial charge in [0, 0.05) is 22.2 Å². The maximum absolute atomic E-state index is 6.10. The fraction of sp³-hybridized carbons (Fsp3) is 0.133. The summed E-state index contributed by atoms with van der Waals surface area (Å²) < 4.78 is 2.06. The van der Waals surface area contributed by atoms with E-state index in [1.807, 2.05) is 30.3 Å². The maximum Gasteiger partial charge on any atom is 0.114 e. The summed E-state index contributed by atoms with van der Waals surface area (Å²) in [6.07, 6.45) is 0.804. The molecule has 2 N–H and O–H groups in total. The Morgan fingerprint density at radius 1 is 1.10 bits per heavy atom. The van der Waals surface area contributed by atoms with Gasteiger partial charge >= 0.3 is 0 Å². The Balaban J connectivity index is 2.33. The summed E-state index contributed by atoms with van der Waals surface area (Å²) in [5.74, 6) is 0.948.